The van der Waals surface area contributed by atoms with Crippen LogP contribution in [0.15, 0.2) is 218 Å². The molecule has 0 aliphatic rings. The zero-order chi connectivity index (χ0) is 46.6. The van der Waals surface area contributed by atoms with Gasteiger partial charge in [-0.1, -0.05) is 268 Å². The van der Waals surface area contributed by atoms with Crippen molar-refractivity contribution >= 4 is 71.5 Å². The normalized spacial score (nSPS) is 10.7. The van der Waals surface area contributed by atoms with Crippen LogP contribution in [-0.2, 0) is 21.1 Å². The van der Waals surface area contributed by atoms with Gasteiger partial charge in [-0.15, -0.1) is 0 Å². The van der Waals surface area contributed by atoms with E-state index in [2.05, 4.69) is 281 Å². The molecule has 0 bridgehead atoms. The van der Waals surface area contributed by atoms with Crippen LogP contribution in [0.2, 0.25) is 0 Å². The Hall–Kier alpha value is -5.04. The van der Waals surface area contributed by atoms with E-state index in [1.165, 1.54) is 97.8 Å². The van der Waals surface area contributed by atoms with Gasteiger partial charge in [-0.05, 0) is 134 Å². The predicted molar refractivity (Wildman–Crippen MR) is 298 cm³/mol. The second-order valence-corrected chi connectivity index (χ2v) is 24.2. The number of hydrogen-bond acceptors (Lipinski definition) is 0. The SMILES string of the molecule is Cc1ccc(P(c2ccc(C)cc2)c2ccc(C)cc2)cc1.Cc1ccc(P(c2ccc(C)cc2)c2ccc(C)cc2)cc1.Cc1ccc(P(c2ccc(C)cc2)c2ccc(C)cc2)cc1.[Pt]. The van der Waals surface area contributed by atoms with Crippen LogP contribution in [0.4, 0.5) is 0 Å². The van der Waals surface area contributed by atoms with Crippen LogP contribution in [0.5, 0.6) is 0 Å². The van der Waals surface area contributed by atoms with Crippen molar-refractivity contribution in [3.05, 3.63) is 268 Å². The Kier molecular flexibility index (Phi) is 19.0. The number of benzene rings is 9. The molecule has 67 heavy (non-hydrogen) atoms. The zero-order valence-corrected chi connectivity index (χ0v) is 45.4. The molecular weight excluding hydrogens is 1040 g/mol. The van der Waals surface area contributed by atoms with Gasteiger partial charge in [-0.25, -0.2) is 0 Å². The Morgan fingerprint density at radius 2 is 0.224 bits per heavy atom. The van der Waals surface area contributed by atoms with Gasteiger partial charge in [-0.3, -0.25) is 0 Å². The van der Waals surface area contributed by atoms with Crippen LogP contribution < -0.4 is 47.7 Å². The third kappa shape index (κ3) is 14.5. The van der Waals surface area contributed by atoms with Gasteiger partial charge in [0.1, 0.15) is 0 Å². The van der Waals surface area contributed by atoms with E-state index in [1.807, 2.05) is 0 Å². The molecule has 0 nitrogen and oxygen atoms in total. The van der Waals surface area contributed by atoms with E-state index in [0.29, 0.717) is 0 Å². The van der Waals surface area contributed by atoms with Gasteiger partial charge in [0.05, 0.1) is 0 Å². The van der Waals surface area contributed by atoms with Crippen molar-refractivity contribution in [2.75, 3.05) is 0 Å². The molecule has 0 aromatic heterocycles. The molecule has 9 aromatic carbocycles. The number of hydrogen-bond donors (Lipinski definition) is 0. The first kappa shape index (κ1) is 51.4. The van der Waals surface area contributed by atoms with E-state index in [0.717, 1.165) is 0 Å². The first-order chi connectivity index (χ1) is 31.9. The van der Waals surface area contributed by atoms with E-state index in [4.69, 9.17) is 0 Å². The molecule has 340 valence electrons. The van der Waals surface area contributed by atoms with E-state index < -0.39 is 23.8 Å². The van der Waals surface area contributed by atoms with Crippen molar-refractivity contribution in [1.82, 2.24) is 0 Å². The molecule has 0 fully saturated rings. The van der Waals surface area contributed by atoms with Gasteiger partial charge < -0.3 is 0 Å². The molecule has 0 spiro atoms. The minimum absolute atomic E-state index is 0. The summed E-state index contributed by atoms with van der Waals surface area (Å²) < 4.78 is 0. The molecule has 0 saturated heterocycles. The molecule has 0 aliphatic carbocycles. The third-order valence-corrected chi connectivity index (χ3v) is 19.0. The third-order valence-electron chi connectivity index (χ3n) is 11.6. The Bertz CT molecular complexity index is 2220. The fourth-order valence-electron chi connectivity index (χ4n) is 7.59. The Labute approximate surface area is 420 Å². The average molecular weight is 1110 g/mol. The van der Waals surface area contributed by atoms with Gasteiger partial charge in [0.25, 0.3) is 0 Å². The molecular formula is C63H63P3Pt. The molecule has 0 atom stereocenters. The van der Waals surface area contributed by atoms with Crippen molar-refractivity contribution in [2.24, 2.45) is 0 Å². The zero-order valence-electron chi connectivity index (χ0n) is 40.4. The minimum Gasteiger partial charge on any atom is -0.0587 e. The van der Waals surface area contributed by atoms with E-state index >= 15 is 0 Å². The van der Waals surface area contributed by atoms with E-state index in [9.17, 15) is 0 Å². The molecule has 0 saturated carbocycles. The summed E-state index contributed by atoms with van der Waals surface area (Å²) in [5.41, 5.74) is 11.8. The first-order valence-electron chi connectivity index (χ1n) is 22.9. The minimum atomic E-state index is -0.483. The van der Waals surface area contributed by atoms with Crippen LogP contribution in [-0.4, -0.2) is 0 Å². The second kappa shape index (κ2) is 24.8. The summed E-state index contributed by atoms with van der Waals surface area (Å²) in [6.45, 7) is 19.3. The monoisotopic (exact) mass is 1110 g/mol. The summed E-state index contributed by atoms with van der Waals surface area (Å²) in [4.78, 5) is 0. The summed E-state index contributed by atoms with van der Waals surface area (Å²) in [7, 11) is -1.45. The molecule has 4 heteroatoms. The maximum absolute atomic E-state index is 2.28. The average Bonchev–Trinajstić information content (AvgIpc) is 3.33. The predicted octanol–water partition coefficient (Wildman–Crippen LogP) is 13.1. The molecule has 9 aromatic rings. The van der Waals surface area contributed by atoms with Gasteiger partial charge in [-0.2, -0.15) is 0 Å². The molecule has 0 N–H and O–H groups in total. The molecule has 0 aliphatic heterocycles. The Morgan fingerprint density at radius 3 is 0.299 bits per heavy atom. The smallest absolute Gasteiger partial charge is 0 e. The number of rotatable bonds is 9. The standard InChI is InChI=1S/3C21H21P.Pt/c3*1-16-4-10-19(11-5-16)22(20-12-6-17(2)7-13-20)21-14-8-18(3)9-15-21;/h3*4-15H,1-3H3;. The quantitative estimate of drug-likeness (QED) is 0.126. The first-order valence-corrected chi connectivity index (χ1v) is 26.9. The van der Waals surface area contributed by atoms with Crippen LogP contribution >= 0.6 is 23.8 Å². The molecule has 0 amide bonds. The second-order valence-electron chi connectivity index (χ2n) is 17.5. The summed E-state index contributed by atoms with van der Waals surface area (Å²) in [5.74, 6) is 0. The van der Waals surface area contributed by atoms with Crippen molar-refractivity contribution < 1.29 is 21.1 Å². The molecule has 0 heterocycles. The molecule has 9 rings (SSSR count). The van der Waals surface area contributed by atoms with E-state index in [-0.39, 0.29) is 21.1 Å². The maximum Gasteiger partial charge on any atom is 0 e. The summed E-state index contributed by atoms with van der Waals surface area (Å²) >= 11 is 0. The fraction of sp³-hybridized carbons (Fsp3) is 0.143. The molecule has 0 radical (unpaired) electrons. The maximum atomic E-state index is 2.28. The largest absolute Gasteiger partial charge is 0.0587 e. The van der Waals surface area contributed by atoms with Gasteiger partial charge in [0.15, 0.2) is 0 Å². The Morgan fingerprint density at radius 1 is 0.149 bits per heavy atom. The van der Waals surface area contributed by atoms with Crippen molar-refractivity contribution in [3.8, 4) is 0 Å². The van der Waals surface area contributed by atoms with Gasteiger partial charge >= 0.3 is 0 Å². The van der Waals surface area contributed by atoms with Crippen LogP contribution in [0.1, 0.15) is 50.1 Å². The van der Waals surface area contributed by atoms with Crippen LogP contribution in [0.3, 0.4) is 0 Å². The summed E-state index contributed by atoms with van der Waals surface area (Å²) in [5, 5.41) is 12.7. The Balaban J connectivity index is 0.000000165. The van der Waals surface area contributed by atoms with Crippen molar-refractivity contribution in [3.63, 3.8) is 0 Å². The molecule has 0 unspecified atom stereocenters. The topological polar surface area (TPSA) is 0 Å². The van der Waals surface area contributed by atoms with Crippen molar-refractivity contribution in [1.29, 1.82) is 0 Å². The fourth-order valence-corrected chi connectivity index (χ4v) is 14.3. The van der Waals surface area contributed by atoms with Crippen LogP contribution in [0.25, 0.3) is 0 Å². The summed E-state index contributed by atoms with van der Waals surface area (Å²) in [6.07, 6.45) is 0. The number of aryl methyl sites for hydroxylation is 9. The van der Waals surface area contributed by atoms with Gasteiger partial charge in [0.2, 0.25) is 0 Å². The van der Waals surface area contributed by atoms with Crippen LogP contribution in [0, 0.1) is 62.3 Å². The van der Waals surface area contributed by atoms with E-state index in [1.54, 1.807) is 0 Å². The van der Waals surface area contributed by atoms with Gasteiger partial charge in [0, 0.05) is 21.1 Å². The van der Waals surface area contributed by atoms with Crippen molar-refractivity contribution in [2.45, 2.75) is 62.3 Å². The summed E-state index contributed by atoms with van der Waals surface area (Å²) in [6, 6.07) is 80.9.